The maximum absolute atomic E-state index is 10.1. The minimum Gasteiger partial charge on any atom is -0.355 e. The number of aromatic nitrogens is 2. The highest BCUT2D eigenvalue weighted by Crippen LogP contribution is 2.39. The van der Waals surface area contributed by atoms with Gasteiger partial charge in [0, 0.05) is 45.2 Å². The zero-order valence-electron chi connectivity index (χ0n) is 30.8. The zero-order valence-corrected chi connectivity index (χ0v) is 30.8. The predicted octanol–water partition coefficient (Wildman–Crippen LogP) is 5.00. The Kier molecular flexibility index (Phi) is 22.5. The molecule has 2 aromatic carbocycles. The summed E-state index contributed by atoms with van der Waals surface area (Å²) in [6.45, 7) is 12.5. The standard InChI is InChI=1S/C10H11N3O.C10H12.C6H14N2O.C6H13N.C5H11N.CH2O/c1-13-10-3-2-8(5-11-7-14)4-9(10)6-12-13;1-8-2-4-9(5-3-8)10-6-7-10;1-7(2)4-5-8(3)6-9;1-6-4-3-5-7(6)2;1-2-4-6-5-3-1;1-2/h2-4,6-7H,5H2,1H3,(H,11,14);2-5,10H,6-7H2,1H3;6H,4-5H2,1-3H3;6H,3-5H2,1-2H3;6H,1-5H2;1H2. The van der Waals surface area contributed by atoms with Crippen LogP contribution in [0.25, 0.3) is 10.9 Å². The van der Waals surface area contributed by atoms with Gasteiger partial charge in [0.2, 0.25) is 12.8 Å². The summed E-state index contributed by atoms with van der Waals surface area (Å²) in [6.07, 6.45) is 13.2. The van der Waals surface area contributed by atoms with Gasteiger partial charge in [-0.15, -0.1) is 0 Å². The van der Waals surface area contributed by atoms with Gasteiger partial charge in [0.1, 0.15) is 6.79 Å². The Labute approximate surface area is 290 Å². The van der Waals surface area contributed by atoms with E-state index in [2.05, 4.69) is 65.8 Å². The molecule has 2 aliphatic heterocycles. The fourth-order valence-corrected chi connectivity index (χ4v) is 5.03. The first kappa shape index (κ1) is 42.4. The first-order valence-corrected chi connectivity index (χ1v) is 17.3. The average molecular weight is 666 g/mol. The fourth-order valence-electron chi connectivity index (χ4n) is 5.03. The van der Waals surface area contributed by atoms with E-state index in [4.69, 9.17) is 4.79 Å². The monoisotopic (exact) mass is 665 g/mol. The van der Waals surface area contributed by atoms with Crippen molar-refractivity contribution in [3.05, 3.63) is 65.4 Å². The lowest BCUT2D eigenvalue weighted by Crippen LogP contribution is -2.27. The lowest BCUT2D eigenvalue weighted by Gasteiger charge is -2.13. The molecule has 1 saturated carbocycles. The van der Waals surface area contributed by atoms with E-state index in [-0.39, 0.29) is 0 Å². The summed E-state index contributed by atoms with van der Waals surface area (Å²) >= 11 is 0. The normalized spacial score (nSPS) is 16.5. The molecule has 1 aliphatic carbocycles. The maximum atomic E-state index is 10.1. The maximum Gasteiger partial charge on any atom is 0.209 e. The number of hydrogen-bond acceptors (Lipinski definition) is 7. The second-order valence-corrected chi connectivity index (χ2v) is 13.0. The molecule has 3 fully saturated rings. The van der Waals surface area contributed by atoms with Crippen molar-refractivity contribution in [3.63, 3.8) is 0 Å². The van der Waals surface area contributed by atoms with Crippen molar-refractivity contribution in [1.82, 2.24) is 35.1 Å². The van der Waals surface area contributed by atoms with Crippen LogP contribution in [0, 0.1) is 6.92 Å². The quantitative estimate of drug-likeness (QED) is 0.327. The third-order valence-corrected chi connectivity index (χ3v) is 8.50. The number of benzene rings is 2. The summed E-state index contributed by atoms with van der Waals surface area (Å²) in [7, 11) is 9.84. The van der Waals surface area contributed by atoms with Gasteiger partial charge in [-0.3, -0.25) is 14.3 Å². The van der Waals surface area contributed by atoms with Crippen LogP contribution >= 0.6 is 0 Å². The topological polar surface area (TPSA) is 103 Å². The molecule has 3 aromatic rings. The number of likely N-dealkylation sites (tertiary alicyclic amines) is 1. The number of amides is 2. The smallest absolute Gasteiger partial charge is 0.209 e. The van der Waals surface area contributed by atoms with Crippen LogP contribution < -0.4 is 10.6 Å². The zero-order chi connectivity index (χ0) is 35.7. The highest BCUT2D eigenvalue weighted by atomic mass is 16.1. The molecule has 3 heterocycles. The molecule has 1 atom stereocenters. The number of carbonyl (C=O) groups is 3. The molecule has 2 N–H and O–H groups in total. The number of nitrogens with zero attached hydrogens (tertiary/aromatic N) is 5. The Bertz CT molecular complexity index is 1240. The number of aryl methyl sites for hydroxylation is 2. The van der Waals surface area contributed by atoms with E-state index in [1.54, 1.807) is 11.9 Å². The number of hydrogen-bond donors (Lipinski definition) is 2. The van der Waals surface area contributed by atoms with Crippen molar-refractivity contribution in [3.8, 4) is 0 Å². The predicted molar refractivity (Wildman–Crippen MR) is 199 cm³/mol. The van der Waals surface area contributed by atoms with Crippen LogP contribution in [0.3, 0.4) is 0 Å². The Balaban J connectivity index is 0.000000305. The number of rotatable bonds is 8. The van der Waals surface area contributed by atoms with Crippen molar-refractivity contribution in [2.75, 3.05) is 60.9 Å². The van der Waals surface area contributed by atoms with E-state index in [1.807, 2.05) is 61.9 Å². The van der Waals surface area contributed by atoms with Gasteiger partial charge in [-0.05, 0) is 122 Å². The van der Waals surface area contributed by atoms with Crippen molar-refractivity contribution in [2.45, 2.75) is 77.3 Å². The van der Waals surface area contributed by atoms with Crippen molar-refractivity contribution < 1.29 is 14.4 Å². The second-order valence-electron chi connectivity index (χ2n) is 13.0. The van der Waals surface area contributed by atoms with E-state index in [0.29, 0.717) is 13.0 Å². The summed E-state index contributed by atoms with van der Waals surface area (Å²) < 4.78 is 1.83. The first-order valence-electron chi connectivity index (χ1n) is 17.3. The lowest BCUT2D eigenvalue weighted by molar-refractivity contribution is -0.117. The molecule has 3 aliphatic rings. The molecular weight excluding hydrogens is 602 g/mol. The van der Waals surface area contributed by atoms with Crippen LogP contribution in [0.1, 0.15) is 74.5 Å². The number of nitrogens with one attached hydrogen (secondary N) is 2. The molecule has 10 heteroatoms. The number of piperidine rings is 1. The molecular formula is C38H63N7O3. The first-order chi connectivity index (χ1) is 23.1. The Hall–Kier alpha value is -3.60. The minimum atomic E-state index is 0.564. The van der Waals surface area contributed by atoms with Gasteiger partial charge < -0.3 is 30.1 Å². The van der Waals surface area contributed by atoms with Crippen molar-refractivity contribution in [1.29, 1.82) is 0 Å². The van der Waals surface area contributed by atoms with Crippen LogP contribution in [-0.2, 0) is 28.0 Å². The molecule has 6 rings (SSSR count). The van der Waals surface area contributed by atoms with Gasteiger partial charge in [0.25, 0.3) is 0 Å². The Morgan fingerprint density at radius 1 is 0.938 bits per heavy atom. The molecule has 48 heavy (non-hydrogen) atoms. The fraction of sp³-hybridized carbons (Fsp3) is 0.579. The van der Waals surface area contributed by atoms with Crippen molar-refractivity contribution in [2.24, 2.45) is 7.05 Å². The Morgan fingerprint density at radius 2 is 1.60 bits per heavy atom. The summed E-state index contributed by atoms with van der Waals surface area (Å²) in [4.78, 5) is 34.2. The number of carbonyl (C=O) groups excluding carboxylic acids is 3. The van der Waals surface area contributed by atoms with E-state index >= 15 is 0 Å². The van der Waals surface area contributed by atoms with Crippen LogP contribution in [0.2, 0.25) is 0 Å². The molecule has 2 saturated heterocycles. The highest BCUT2D eigenvalue weighted by molar-refractivity contribution is 5.79. The molecule has 1 aromatic heterocycles. The molecule has 2 amide bonds. The van der Waals surface area contributed by atoms with Gasteiger partial charge in [-0.2, -0.15) is 5.10 Å². The summed E-state index contributed by atoms with van der Waals surface area (Å²) in [5.41, 5.74) is 5.08. The number of likely N-dealkylation sites (N-methyl/N-ethyl adjacent to an activating group) is 2. The SMILES string of the molecule is C1CCNCC1.C=O.CC1CCCN1C.CN(C)CCN(C)C=O.Cc1ccc(C2CC2)cc1.Cn1ncc2cc(CNC=O)ccc21. The van der Waals surface area contributed by atoms with Crippen molar-refractivity contribution >= 4 is 30.5 Å². The van der Waals surface area contributed by atoms with Gasteiger partial charge in [-0.1, -0.05) is 42.3 Å². The van der Waals surface area contributed by atoms with Crippen LogP contribution in [0.15, 0.2) is 48.7 Å². The van der Waals surface area contributed by atoms with Gasteiger partial charge >= 0.3 is 0 Å². The highest BCUT2D eigenvalue weighted by Gasteiger charge is 2.22. The molecule has 0 bridgehead atoms. The van der Waals surface area contributed by atoms with Crippen LogP contribution in [0.5, 0.6) is 0 Å². The average Bonchev–Trinajstić information content (AvgIpc) is 3.81. The molecule has 1 unspecified atom stereocenters. The van der Waals surface area contributed by atoms with Gasteiger partial charge in [0.05, 0.1) is 11.7 Å². The van der Waals surface area contributed by atoms with E-state index in [9.17, 15) is 9.59 Å². The summed E-state index contributed by atoms with van der Waals surface area (Å²) in [6, 6.07) is 15.8. The van der Waals surface area contributed by atoms with Gasteiger partial charge in [0.15, 0.2) is 0 Å². The molecule has 0 radical (unpaired) electrons. The second kappa shape index (κ2) is 25.4. The number of fused-ring (bicyclic) bond motifs is 1. The summed E-state index contributed by atoms with van der Waals surface area (Å²) in [5.74, 6) is 0.903. The third kappa shape index (κ3) is 18.7. The van der Waals surface area contributed by atoms with E-state index in [1.165, 1.54) is 75.7 Å². The lowest BCUT2D eigenvalue weighted by atomic mass is 10.1. The van der Waals surface area contributed by atoms with Crippen LogP contribution in [0.4, 0.5) is 0 Å². The summed E-state index contributed by atoms with van der Waals surface area (Å²) in [5, 5.41) is 11.2. The minimum absolute atomic E-state index is 0.564. The van der Waals surface area contributed by atoms with E-state index < -0.39 is 0 Å². The third-order valence-electron chi connectivity index (χ3n) is 8.50. The molecule has 10 nitrogen and oxygen atoms in total. The Morgan fingerprint density at radius 3 is 2.04 bits per heavy atom. The van der Waals surface area contributed by atoms with Gasteiger partial charge in [-0.25, -0.2) is 0 Å². The largest absolute Gasteiger partial charge is 0.355 e. The van der Waals surface area contributed by atoms with Crippen LogP contribution in [-0.4, -0.2) is 111 Å². The van der Waals surface area contributed by atoms with E-state index in [0.717, 1.165) is 47.9 Å². The molecule has 268 valence electrons. The molecule has 0 spiro atoms.